The smallest absolute Gasteiger partial charge is 0.317 e. The molecule has 0 aromatic heterocycles. The van der Waals surface area contributed by atoms with Gasteiger partial charge in [-0.2, -0.15) is 0 Å². The van der Waals surface area contributed by atoms with Crippen LogP contribution < -0.4 is 14.8 Å². The highest BCUT2D eigenvalue weighted by atomic mass is 16.7. The van der Waals surface area contributed by atoms with Gasteiger partial charge in [-0.15, -0.1) is 0 Å². The van der Waals surface area contributed by atoms with E-state index in [1.165, 1.54) is 0 Å². The molecule has 0 bridgehead atoms. The van der Waals surface area contributed by atoms with Gasteiger partial charge < -0.3 is 24.6 Å². The van der Waals surface area contributed by atoms with Crippen molar-refractivity contribution < 1.29 is 19.1 Å². The lowest BCUT2D eigenvalue weighted by Gasteiger charge is -2.34. The number of carbonyl (C=O) groups is 2. The van der Waals surface area contributed by atoms with Gasteiger partial charge in [-0.1, -0.05) is 24.3 Å². The molecule has 26 heavy (non-hydrogen) atoms. The lowest BCUT2D eigenvalue weighted by Crippen LogP contribution is -2.52. The van der Waals surface area contributed by atoms with E-state index in [1.807, 2.05) is 37.3 Å². The third-order valence-electron chi connectivity index (χ3n) is 4.24. The van der Waals surface area contributed by atoms with Crippen LogP contribution in [0.15, 0.2) is 36.4 Å². The van der Waals surface area contributed by atoms with E-state index in [-0.39, 0.29) is 18.7 Å². The first-order valence-electron chi connectivity index (χ1n) is 8.73. The Morgan fingerprint density at radius 1 is 1.08 bits per heavy atom. The standard InChI is InChI=1S/C19H23N3O4/c1-2-20-19(24)22-11-9-21(10-12-22)18(23)6-4-3-5-15-7-8-16-17(13-15)26-14-25-16/h3-8,13H,2,9-12,14H2,1H3,(H,20,24)/b5-3+,6-4+. The molecule has 1 aromatic rings. The molecule has 0 atom stereocenters. The molecule has 0 unspecified atom stereocenters. The number of allylic oxidation sites excluding steroid dienone is 2. The van der Waals surface area contributed by atoms with E-state index in [4.69, 9.17) is 9.47 Å². The average Bonchev–Trinajstić information content (AvgIpc) is 3.13. The third kappa shape index (κ3) is 4.36. The van der Waals surface area contributed by atoms with Gasteiger partial charge in [-0.3, -0.25) is 4.79 Å². The van der Waals surface area contributed by atoms with Crippen molar-refractivity contribution in [2.24, 2.45) is 0 Å². The number of ether oxygens (including phenoxy) is 2. The van der Waals surface area contributed by atoms with Crippen LogP contribution in [-0.2, 0) is 4.79 Å². The molecule has 0 spiro atoms. The van der Waals surface area contributed by atoms with Crippen molar-refractivity contribution in [1.82, 2.24) is 15.1 Å². The first-order valence-corrected chi connectivity index (χ1v) is 8.73. The number of piperazine rings is 1. The number of urea groups is 1. The maximum Gasteiger partial charge on any atom is 0.317 e. The summed E-state index contributed by atoms with van der Waals surface area (Å²) in [5.41, 5.74) is 0.974. The van der Waals surface area contributed by atoms with E-state index in [9.17, 15) is 9.59 Å². The van der Waals surface area contributed by atoms with Crippen molar-refractivity contribution in [3.8, 4) is 11.5 Å². The number of rotatable bonds is 4. The highest BCUT2D eigenvalue weighted by molar-refractivity contribution is 5.88. The van der Waals surface area contributed by atoms with E-state index in [1.54, 1.807) is 22.0 Å². The van der Waals surface area contributed by atoms with Crippen molar-refractivity contribution in [3.63, 3.8) is 0 Å². The van der Waals surface area contributed by atoms with E-state index < -0.39 is 0 Å². The first-order chi connectivity index (χ1) is 12.7. The summed E-state index contributed by atoms with van der Waals surface area (Å²) in [4.78, 5) is 27.5. The predicted octanol–water partition coefficient (Wildman–Crippen LogP) is 1.86. The molecule has 1 fully saturated rings. The van der Waals surface area contributed by atoms with Gasteiger partial charge in [-0.05, 0) is 24.6 Å². The third-order valence-corrected chi connectivity index (χ3v) is 4.24. The second-order valence-electron chi connectivity index (χ2n) is 5.98. The van der Waals surface area contributed by atoms with Crippen molar-refractivity contribution in [1.29, 1.82) is 0 Å². The zero-order valence-electron chi connectivity index (χ0n) is 14.8. The van der Waals surface area contributed by atoms with Crippen LogP contribution in [0.25, 0.3) is 6.08 Å². The number of amides is 3. The highest BCUT2D eigenvalue weighted by Crippen LogP contribution is 2.32. The summed E-state index contributed by atoms with van der Waals surface area (Å²) in [6.45, 7) is 4.95. The normalized spacial score (nSPS) is 16.5. The number of fused-ring (bicyclic) bond motifs is 1. The molecule has 3 rings (SSSR count). The number of carbonyl (C=O) groups excluding carboxylic acids is 2. The van der Waals surface area contributed by atoms with Gasteiger partial charge in [-0.25, -0.2) is 4.79 Å². The van der Waals surface area contributed by atoms with Crippen LogP contribution in [-0.4, -0.2) is 61.3 Å². The van der Waals surface area contributed by atoms with E-state index in [0.717, 1.165) is 17.1 Å². The Labute approximate surface area is 152 Å². The summed E-state index contributed by atoms with van der Waals surface area (Å²) in [7, 11) is 0. The second kappa shape index (κ2) is 8.42. The van der Waals surface area contributed by atoms with Crippen LogP contribution >= 0.6 is 0 Å². The minimum atomic E-state index is -0.0678. The number of hydrogen-bond acceptors (Lipinski definition) is 4. The van der Waals surface area contributed by atoms with Crippen LogP contribution in [0.5, 0.6) is 11.5 Å². The second-order valence-corrected chi connectivity index (χ2v) is 5.98. The Kier molecular flexibility index (Phi) is 5.78. The van der Waals surface area contributed by atoms with Gasteiger partial charge in [0.15, 0.2) is 11.5 Å². The highest BCUT2D eigenvalue weighted by Gasteiger charge is 2.22. The van der Waals surface area contributed by atoms with Crippen LogP contribution in [0.2, 0.25) is 0 Å². The Morgan fingerprint density at radius 2 is 1.81 bits per heavy atom. The summed E-state index contributed by atoms with van der Waals surface area (Å²) >= 11 is 0. The lowest BCUT2D eigenvalue weighted by molar-refractivity contribution is -0.127. The molecule has 0 radical (unpaired) electrons. The number of nitrogens with one attached hydrogen (secondary N) is 1. The molecular formula is C19H23N3O4. The Hall–Kier alpha value is -2.96. The maximum absolute atomic E-state index is 12.2. The summed E-state index contributed by atoms with van der Waals surface area (Å²) in [5.74, 6) is 1.44. The van der Waals surface area contributed by atoms with E-state index in [0.29, 0.717) is 32.7 Å². The molecule has 2 aliphatic heterocycles. The van der Waals surface area contributed by atoms with Gasteiger partial charge in [0.1, 0.15) is 0 Å². The van der Waals surface area contributed by atoms with Crippen LogP contribution in [0.4, 0.5) is 4.79 Å². The van der Waals surface area contributed by atoms with E-state index in [2.05, 4.69) is 5.32 Å². The minimum absolute atomic E-state index is 0.0455. The fourth-order valence-corrected chi connectivity index (χ4v) is 2.82. The predicted molar refractivity (Wildman–Crippen MR) is 98.0 cm³/mol. The number of benzene rings is 1. The molecule has 1 saturated heterocycles. The first kappa shape index (κ1) is 17.8. The Morgan fingerprint density at radius 3 is 2.58 bits per heavy atom. The van der Waals surface area contributed by atoms with Crippen molar-refractivity contribution in [2.75, 3.05) is 39.5 Å². The van der Waals surface area contributed by atoms with E-state index >= 15 is 0 Å². The molecule has 3 amide bonds. The summed E-state index contributed by atoms with van der Waals surface area (Å²) in [6, 6.07) is 5.63. The minimum Gasteiger partial charge on any atom is -0.454 e. The number of nitrogens with zero attached hydrogens (tertiary/aromatic N) is 2. The molecule has 7 heteroatoms. The van der Waals surface area contributed by atoms with Crippen LogP contribution in [0, 0.1) is 0 Å². The topological polar surface area (TPSA) is 71.1 Å². The van der Waals surface area contributed by atoms with Crippen molar-refractivity contribution in [3.05, 3.63) is 42.0 Å². The summed E-state index contributed by atoms with van der Waals surface area (Å²) in [5, 5.41) is 2.78. The average molecular weight is 357 g/mol. The maximum atomic E-state index is 12.2. The molecule has 0 saturated carbocycles. The van der Waals surface area contributed by atoms with Gasteiger partial charge in [0.25, 0.3) is 0 Å². The number of hydrogen-bond donors (Lipinski definition) is 1. The van der Waals surface area contributed by atoms with Gasteiger partial charge in [0, 0.05) is 38.8 Å². The van der Waals surface area contributed by atoms with Gasteiger partial charge >= 0.3 is 6.03 Å². The Bertz CT molecular complexity index is 721. The molecule has 1 aromatic carbocycles. The van der Waals surface area contributed by atoms with Crippen LogP contribution in [0.1, 0.15) is 12.5 Å². The summed E-state index contributed by atoms with van der Waals surface area (Å²) < 4.78 is 10.6. The molecule has 2 aliphatic rings. The lowest BCUT2D eigenvalue weighted by atomic mass is 10.2. The molecule has 2 heterocycles. The Balaban J connectivity index is 1.47. The largest absolute Gasteiger partial charge is 0.454 e. The fraction of sp³-hybridized carbons (Fsp3) is 0.368. The summed E-state index contributed by atoms with van der Waals surface area (Å²) in [6.07, 6.45) is 6.99. The van der Waals surface area contributed by atoms with Crippen molar-refractivity contribution >= 4 is 18.0 Å². The molecule has 138 valence electrons. The fourth-order valence-electron chi connectivity index (χ4n) is 2.82. The zero-order valence-corrected chi connectivity index (χ0v) is 14.8. The van der Waals surface area contributed by atoms with Crippen LogP contribution in [0.3, 0.4) is 0 Å². The zero-order chi connectivity index (χ0) is 18.4. The van der Waals surface area contributed by atoms with Crippen molar-refractivity contribution in [2.45, 2.75) is 6.92 Å². The van der Waals surface area contributed by atoms with Gasteiger partial charge in [0.05, 0.1) is 0 Å². The van der Waals surface area contributed by atoms with Gasteiger partial charge in [0.2, 0.25) is 12.7 Å². The quantitative estimate of drug-likeness (QED) is 0.660. The molecule has 1 N–H and O–H groups in total. The molecule has 7 nitrogen and oxygen atoms in total. The molecule has 0 aliphatic carbocycles. The SMILES string of the molecule is CCNC(=O)N1CCN(C(=O)/C=C/C=C/c2ccc3c(c2)OCO3)CC1. The monoisotopic (exact) mass is 357 g/mol. The molecular weight excluding hydrogens is 334 g/mol.